The number of halogens is 2. The molecule has 1 aromatic rings. The Kier molecular flexibility index (Phi) is 4.72. The molecule has 0 atom stereocenters. The summed E-state index contributed by atoms with van der Waals surface area (Å²) in [6, 6.07) is 0.843. The largest absolute Gasteiger partial charge is 0.396 e. The lowest BCUT2D eigenvalue weighted by atomic mass is 9.95. The van der Waals surface area contributed by atoms with E-state index < -0.39 is 39.1 Å². The van der Waals surface area contributed by atoms with Crippen LogP contribution in [0.2, 0.25) is 0 Å². The van der Waals surface area contributed by atoms with E-state index in [4.69, 9.17) is 5.11 Å². The van der Waals surface area contributed by atoms with Crippen LogP contribution in [0, 0.1) is 27.2 Å². The van der Waals surface area contributed by atoms with Crippen molar-refractivity contribution in [2.45, 2.75) is 13.8 Å². The first-order valence-electron chi connectivity index (χ1n) is 5.70. The highest BCUT2D eigenvalue weighted by atomic mass is 19.1. The van der Waals surface area contributed by atoms with Crippen LogP contribution < -0.4 is 5.32 Å². The number of aliphatic hydroxyl groups excluding tert-OH is 1. The van der Waals surface area contributed by atoms with Crippen molar-refractivity contribution in [2.24, 2.45) is 5.41 Å². The van der Waals surface area contributed by atoms with E-state index >= 15 is 0 Å². The third-order valence-corrected chi connectivity index (χ3v) is 2.63. The molecule has 0 heterocycles. The average Bonchev–Trinajstić information content (AvgIpc) is 2.35. The van der Waals surface area contributed by atoms with Gasteiger partial charge in [0.25, 0.3) is 5.91 Å². The number of amides is 1. The summed E-state index contributed by atoms with van der Waals surface area (Å²) in [6.07, 6.45) is 0. The summed E-state index contributed by atoms with van der Waals surface area (Å²) >= 11 is 0. The standard InChI is InChI=1S/C12H14F2N2O4/c1-12(2,6-17)5-15-11(18)7-3-10(16(19)20)9(14)4-8(7)13/h3-4,17H,5-6H2,1-2H3,(H,15,18). The molecule has 1 amide bonds. The number of nitro benzene ring substituents is 1. The van der Waals surface area contributed by atoms with Crippen LogP contribution in [0.5, 0.6) is 0 Å². The number of aliphatic hydroxyl groups is 1. The minimum absolute atomic E-state index is 0.0347. The van der Waals surface area contributed by atoms with Gasteiger partial charge in [0.2, 0.25) is 5.82 Å². The monoisotopic (exact) mass is 288 g/mol. The molecule has 0 aromatic heterocycles. The number of carbonyl (C=O) groups excluding carboxylic acids is 1. The van der Waals surface area contributed by atoms with Crippen molar-refractivity contribution < 1.29 is 23.6 Å². The predicted molar refractivity (Wildman–Crippen MR) is 66.2 cm³/mol. The zero-order chi connectivity index (χ0) is 15.5. The summed E-state index contributed by atoms with van der Waals surface area (Å²) in [5, 5.41) is 21.9. The van der Waals surface area contributed by atoms with Gasteiger partial charge in [-0.15, -0.1) is 0 Å². The molecule has 110 valence electrons. The molecular formula is C12H14F2N2O4. The highest BCUT2D eigenvalue weighted by Crippen LogP contribution is 2.21. The average molecular weight is 288 g/mol. The summed E-state index contributed by atoms with van der Waals surface area (Å²) in [6.45, 7) is 3.15. The van der Waals surface area contributed by atoms with E-state index in [0.717, 1.165) is 0 Å². The van der Waals surface area contributed by atoms with Gasteiger partial charge in [0, 0.05) is 30.7 Å². The molecule has 0 aliphatic rings. The molecule has 8 heteroatoms. The third-order valence-electron chi connectivity index (χ3n) is 2.63. The van der Waals surface area contributed by atoms with Gasteiger partial charge in [-0.2, -0.15) is 4.39 Å². The lowest BCUT2D eigenvalue weighted by molar-refractivity contribution is -0.387. The molecule has 0 unspecified atom stereocenters. The van der Waals surface area contributed by atoms with Crippen molar-refractivity contribution >= 4 is 11.6 Å². The molecule has 20 heavy (non-hydrogen) atoms. The van der Waals surface area contributed by atoms with Gasteiger partial charge >= 0.3 is 5.69 Å². The summed E-state index contributed by atoms with van der Waals surface area (Å²) in [5.41, 5.74) is -2.22. The highest BCUT2D eigenvalue weighted by molar-refractivity contribution is 5.95. The van der Waals surface area contributed by atoms with Gasteiger partial charge in [0.05, 0.1) is 10.5 Å². The summed E-state index contributed by atoms with van der Waals surface area (Å²) in [4.78, 5) is 21.2. The number of rotatable bonds is 5. The van der Waals surface area contributed by atoms with Gasteiger partial charge in [-0.1, -0.05) is 13.8 Å². The van der Waals surface area contributed by atoms with Crippen molar-refractivity contribution in [2.75, 3.05) is 13.2 Å². The van der Waals surface area contributed by atoms with Crippen LogP contribution in [-0.4, -0.2) is 29.1 Å². The first-order chi connectivity index (χ1) is 9.18. The third kappa shape index (κ3) is 3.70. The van der Waals surface area contributed by atoms with Crippen molar-refractivity contribution in [3.05, 3.63) is 39.4 Å². The number of hydrogen-bond acceptors (Lipinski definition) is 4. The van der Waals surface area contributed by atoms with Gasteiger partial charge in [-0.25, -0.2) is 4.39 Å². The lowest BCUT2D eigenvalue weighted by Gasteiger charge is -2.21. The van der Waals surface area contributed by atoms with Crippen molar-refractivity contribution in [3.63, 3.8) is 0 Å². The van der Waals surface area contributed by atoms with E-state index in [-0.39, 0.29) is 13.2 Å². The Hall–Kier alpha value is -2.09. The fourth-order valence-electron chi connectivity index (χ4n) is 1.32. The van der Waals surface area contributed by atoms with Gasteiger partial charge in [0.15, 0.2) is 0 Å². The van der Waals surface area contributed by atoms with Gasteiger partial charge < -0.3 is 10.4 Å². The second kappa shape index (κ2) is 5.91. The molecule has 0 aliphatic heterocycles. The SMILES string of the molecule is CC(C)(CO)CNC(=O)c1cc([N+](=O)[O-])c(F)cc1F. The smallest absolute Gasteiger partial charge is 0.305 e. The Bertz CT molecular complexity index is 547. The maximum Gasteiger partial charge on any atom is 0.305 e. The van der Waals surface area contributed by atoms with E-state index in [9.17, 15) is 23.7 Å². The van der Waals surface area contributed by atoms with E-state index in [1.54, 1.807) is 13.8 Å². The van der Waals surface area contributed by atoms with Gasteiger partial charge in [0.1, 0.15) is 5.82 Å². The number of hydrogen-bond donors (Lipinski definition) is 2. The Morgan fingerprint density at radius 3 is 2.50 bits per heavy atom. The first-order valence-corrected chi connectivity index (χ1v) is 5.70. The van der Waals surface area contributed by atoms with E-state index in [1.807, 2.05) is 0 Å². The van der Waals surface area contributed by atoms with Crippen molar-refractivity contribution in [1.29, 1.82) is 0 Å². The predicted octanol–water partition coefficient (Wildman–Crippen LogP) is 1.62. The molecular weight excluding hydrogens is 274 g/mol. The fourth-order valence-corrected chi connectivity index (χ4v) is 1.32. The van der Waals surface area contributed by atoms with E-state index in [2.05, 4.69) is 5.32 Å². The summed E-state index contributed by atoms with van der Waals surface area (Å²) in [5.74, 6) is -3.45. The minimum atomic E-state index is -1.35. The second-order valence-electron chi connectivity index (χ2n) is 5.05. The fraction of sp³-hybridized carbons (Fsp3) is 0.417. The van der Waals surface area contributed by atoms with Crippen LogP contribution in [0.4, 0.5) is 14.5 Å². The molecule has 0 bridgehead atoms. The first kappa shape index (κ1) is 16.0. The van der Waals surface area contributed by atoms with E-state index in [0.29, 0.717) is 12.1 Å². The topological polar surface area (TPSA) is 92.5 Å². The molecule has 1 aromatic carbocycles. The number of nitro groups is 1. The molecule has 0 fully saturated rings. The quantitative estimate of drug-likeness (QED) is 0.636. The Balaban J connectivity index is 2.99. The zero-order valence-electron chi connectivity index (χ0n) is 10.9. The molecule has 0 saturated carbocycles. The number of carbonyl (C=O) groups is 1. The molecule has 6 nitrogen and oxygen atoms in total. The zero-order valence-corrected chi connectivity index (χ0v) is 10.9. The normalized spacial score (nSPS) is 11.2. The van der Waals surface area contributed by atoms with Crippen LogP contribution in [0.3, 0.4) is 0 Å². The Morgan fingerprint density at radius 1 is 1.40 bits per heavy atom. The molecule has 1 rings (SSSR count). The van der Waals surface area contributed by atoms with Crippen molar-refractivity contribution in [3.8, 4) is 0 Å². The molecule has 0 radical (unpaired) electrons. The second-order valence-corrected chi connectivity index (χ2v) is 5.05. The van der Waals surface area contributed by atoms with Crippen LogP contribution in [0.15, 0.2) is 12.1 Å². The number of nitrogens with one attached hydrogen (secondary N) is 1. The number of benzene rings is 1. The van der Waals surface area contributed by atoms with Crippen LogP contribution in [0.1, 0.15) is 24.2 Å². The number of nitrogens with zero attached hydrogens (tertiary/aromatic N) is 1. The molecule has 0 saturated heterocycles. The molecule has 0 spiro atoms. The lowest BCUT2D eigenvalue weighted by Crippen LogP contribution is -2.36. The summed E-state index contributed by atoms with van der Waals surface area (Å²) in [7, 11) is 0. The van der Waals surface area contributed by atoms with Crippen molar-refractivity contribution in [1.82, 2.24) is 5.32 Å². The Labute approximate surface area is 113 Å². The molecule has 0 aliphatic carbocycles. The minimum Gasteiger partial charge on any atom is -0.396 e. The van der Waals surface area contributed by atoms with Gasteiger partial charge in [-0.05, 0) is 0 Å². The van der Waals surface area contributed by atoms with Crippen LogP contribution in [0.25, 0.3) is 0 Å². The van der Waals surface area contributed by atoms with Crippen LogP contribution in [-0.2, 0) is 0 Å². The Morgan fingerprint density at radius 2 is 2.00 bits per heavy atom. The maximum absolute atomic E-state index is 13.5. The van der Waals surface area contributed by atoms with Gasteiger partial charge in [-0.3, -0.25) is 14.9 Å². The highest BCUT2D eigenvalue weighted by Gasteiger charge is 2.24. The van der Waals surface area contributed by atoms with E-state index in [1.165, 1.54) is 0 Å². The maximum atomic E-state index is 13.5. The molecule has 2 N–H and O–H groups in total. The summed E-state index contributed by atoms with van der Waals surface area (Å²) < 4.78 is 26.6. The van der Waals surface area contributed by atoms with Crippen LogP contribution >= 0.6 is 0 Å².